The zero-order valence-corrected chi connectivity index (χ0v) is 11.3. The van der Waals surface area contributed by atoms with Gasteiger partial charge in [-0.1, -0.05) is 39.5 Å². The van der Waals surface area contributed by atoms with Gasteiger partial charge in [-0.05, 0) is 44.3 Å². The highest BCUT2D eigenvalue weighted by molar-refractivity contribution is 4.80. The average molecular weight is 226 g/mol. The smallest absolute Gasteiger partial charge is 0.00127 e. The maximum absolute atomic E-state index is 5.84. The molecule has 1 heterocycles. The number of likely N-dealkylation sites (tertiary alicyclic amines) is 1. The van der Waals surface area contributed by atoms with Crippen LogP contribution < -0.4 is 5.73 Å². The molecule has 1 fully saturated rings. The molecule has 1 rings (SSSR count). The van der Waals surface area contributed by atoms with Crippen molar-refractivity contribution in [3.05, 3.63) is 0 Å². The van der Waals surface area contributed by atoms with Gasteiger partial charge in [0, 0.05) is 6.54 Å². The number of nitrogens with zero attached hydrogens (tertiary/aromatic N) is 1. The summed E-state index contributed by atoms with van der Waals surface area (Å²) in [5.74, 6) is 1.64. The summed E-state index contributed by atoms with van der Waals surface area (Å²) in [5, 5.41) is 0. The molecule has 2 unspecified atom stereocenters. The highest BCUT2D eigenvalue weighted by Crippen LogP contribution is 2.25. The molecule has 0 saturated carbocycles. The summed E-state index contributed by atoms with van der Waals surface area (Å²) < 4.78 is 0. The minimum absolute atomic E-state index is 0.789. The van der Waals surface area contributed by atoms with E-state index in [0.29, 0.717) is 0 Å². The van der Waals surface area contributed by atoms with Crippen LogP contribution in [-0.4, -0.2) is 31.1 Å². The van der Waals surface area contributed by atoms with Crippen molar-refractivity contribution in [1.29, 1.82) is 0 Å². The van der Waals surface area contributed by atoms with Crippen LogP contribution in [0.4, 0.5) is 0 Å². The molecule has 16 heavy (non-hydrogen) atoms. The van der Waals surface area contributed by atoms with E-state index >= 15 is 0 Å². The SMILES string of the molecule is CCCCCCN1CCC(CN)C(CC)C1. The molecule has 0 aromatic heterocycles. The molecule has 0 aliphatic carbocycles. The fraction of sp³-hybridized carbons (Fsp3) is 1.00. The van der Waals surface area contributed by atoms with Crippen LogP contribution in [0.2, 0.25) is 0 Å². The molecule has 2 heteroatoms. The lowest BCUT2D eigenvalue weighted by atomic mass is 9.84. The molecule has 0 amide bonds. The maximum Gasteiger partial charge on any atom is 0.00127 e. The van der Waals surface area contributed by atoms with Crippen LogP contribution in [0.5, 0.6) is 0 Å². The molecular formula is C14H30N2. The van der Waals surface area contributed by atoms with E-state index in [1.165, 1.54) is 58.2 Å². The van der Waals surface area contributed by atoms with Crippen LogP contribution in [0.15, 0.2) is 0 Å². The van der Waals surface area contributed by atoms with E-state index in [4.69, 9.17) is 5.73 Å². The van der Waals surface area contributed by atoms with E-state index in [-0.39, 0.29) is 0 Å². The zero-order valence-electron chi connectivity index (χ0n) is 11.3. The van der Waals surface area contributed by atoms with Crippen molar-refractivity contribution in [2.45, 2.75) is 52.4 Å². The van der Waals surface area contributed by atoms with Crippen molar-refractivity contribution in [1.82, 2.24) is 4.90 Å². The van der Waals surface area contributed by atoms with Gasteiger partial charge in [0.15, 0.2) is 0 Å². The Morgan fingerprint density at radius 2 is 1.94 bits per heavy atom. The van der Waals surface area contributed by atoms with E-state index in [2.05, 4.69) is 18.7 Å². The molecule has 0 aromatic rings. The predicted octanol–water partition coefficient (Wildman–Crippen LogP) is 2.87. The first-order valence-corrected chi connectivity index (χ1v) is 7.24. The fourth-order valence-electron chi connectivity index (χ4n) is 2.89. The van der Waals surface area contributed by atoms with Crippen LogP contribution in [0, 0.1) is 11.8 Å². The first-order valence-electron chi connectivity index (χ1n) is 7.24. The number of piperidine rings is 1. The molecule has 1 aliphatic rings. The lowest BCUT2D eigenvalue weighted by Gasteiger charge is -2.37. The summed E-state index contributed by atoms with van der Waals surface area (Å²) in [4.78, 5) is 2.66. The van der Waals surface area contributed by atoms with Crippen LogP contribution >= 0.6 is 0 Å². The standard InChI is InChI=1S/C14H30N2/c1-3-5-6-7-9-16-10-8-14(11-15)13(4-2)12-16/h13-14H,3-12,15H2,1-2H3. The van der Waals surface area contributed by atoms with Gasteiger partial charge >= 0.3 is 0 Å². The van der Waals surface area contributed by atoms with Gasteiger partial charge in [-0.25, -0.2) is 0 Å². The highest BCUT2D eigenvalue weighted by Gasteiger charge is 2.26. The van der Waals surface area contributed by atoms with Gasteiger partial charge < -0.3 is 10.6 Å². The van der Waals surface area contributed by atoms with E-state index in [0.717, 1.165) is 18.4 Å². The van der Waals surface area contributed by atoms with Gasteiger partial charge in [0.05, 0.1) is 0 Å². The van der Waals surface area contributed by atoms with Crippen molar-refractivity contribution in [3.63, 3.8) is 0 Å². The Bertz CT molecular complexity index is 170. The largest absolute Gasteiger partial charge is 0.330 e. The molecule has 0 aromatic carbocycles. The van der Waals surface area contributed by atoms with E-state index in [1.807, 2.05) is 0 Å². The van der Waals surface area contributed by atoms with Crippen molar-refractivity contribution >= 4 is 0 Å². The molecule has 0 spiro atoms. The third-order valence-corrected chi connectivity index (χ3v) is 4.13. The molecule has 1 saturated heterocycles. The average Bonchev–Trinajstić information content (AvgIpc) is 2.34. The van der Waals surface area contributed by atoms with Gasteiger partial charge in [-0.2, -0.15) is 0 Å². The number of hydrogen-bond acceptors (Lipinski definition) is 2. The Hall–Kier alpha value is -0.0800. The molecule has 0 bridgehead atoms. The molecule has 2 nitrogen and oxygen atoms in total. The minimum atomic E-state index is 0.789. The van der Waals surface area contributed by atoms with Gasteiger partial charge in [0.1, 0.15) is 0 Å². The monoisotopic (exact) mass is 226 g/mol. The van der Waals surface area contributed by atoms with Crippen LogP contribution in [0.3, 0.4) is 0 Å². The summed E-state index contributed by atoms with van der Waals surface area (Å²) in [6, 6.07) is 0. The molecule has 96 valence electrons. The maximum atomic E-state index is 5.84. The minimum Gasteiger partial charge on any atom is -0.330 e. The van der Waals surface area contributed by atoms with Crippen LogP contribution in [-0.2, 0) is 0 Å². The van der Waals surface area contributed by atoms with Crippen molar-refractivity contribution < 1.29 is 0 Å². The third kappa shape index (κ3) is 4.42. The fourth-order valence-corrected chi connectivity index (χ4v) is 2.89. The van der Waals surface area contributed by atoms with Gasteiger partial charge in [-0.3, -0.25) is 0 Å². The Morgan fingerprint density at radius 1 is 1.12 bits per heavy atom. The Kier molecular flexibility index (Phi) is 7.06. The summed E-state index contributed by atoms with van der Waals surface area (Å²) in [5.41, 5.74) is 5.84. The van der Waals surface area contributed by atoms with Gasteiger partial charge in [0.2, 0.25) is 0 Å². The van der Waals surface area contributed by atoms with E-state index < -0.39 is 0 Å². The normalized spacial score (nSPS) is 27.2. The number of rotatable bonds is 7. The second-order valence-corrected chi connectivity index (χ2v) is 5.31. The second-order valence-electron chi connectivity index (χ2n) is 5.31. The molecule has 2 atom stereocenters. The molecule has 2 N–H and O–H groups in total. The van der Waals surface area contributed by atoms with Crippen LogP contribution in [0.1, 0.15) is 52.4 Å². The topological polar surface area (TPSA) is 29.3 Å². The van der Waals surface area contributed by atoms with Gasteiger partial charge in [0.25, 0.3) is 0 Å². The summed E-state index contributed by atoms with van der Waals surface area (Å²) in [6.45, 7) is 9.37. The molecule has 1 aliphatic heterocycles. The van der Waals surface area contributed by atoms with Crippen molar-refractivity contribution in [3.8, 4) is 0 Å². The van der Waals surface area contributed by atoms with E-state index in [1.54, 1.807) is 0 Å². The lowest BCUT2D eigenvalue weighted by molar-refractivity contribution is 0.118. The Labute approximate surface area is 102 Å². The Morgan fingerprint density at radius 3 is 2.56 bits per heavy atom. The molecule has 0 radical (unpaired) electrons. The van der Waals surface area contributed by atoms with Crippen molar-refractivity contribution in [2.24, 2.45) is 17.6 Å². The second kappa shape index (κ2) is 8.08. The third-order valence-electron chi connectivity index (χ3n) is 4.13. The van der Waals surface area contributed by atoms with E-state index in [9.17, 15) is 0 Å². The summed E-state index contributed by atoms with van der Waals surface area (Å²) in [6.07, 6.45) is 8.15. The highest BCUT2D eigenvalue weighted by atomic mass is 15.1. The predicted molar refractivity (Wildman–Crippen MR) is 71.5 cm³/mol. The van der Waals surface area contributed by atoms with Crippen LogP contribution in [0.25, 0.3) is 0 Å². The molecular weight excluding hydrogens is 196 g/mol. The first kappa shape index (κ1) is 14.0. The zero-order chi connectivity index (χ0) is 11.8. The van der Waals surface area contributed by atoms with Crippen molar-refractivity contribution in [2.75, 3.05) is 26.2 Å². The Balaban J connectivity index is 2.20. The number of hydrogen-bond donors (Lipinski definition) is 1. The lowest BCUT2D eigenvalue weighted by Crippen LogP contribution is -2.43. The number of unbranched alkanes of at least 4 members (excludes halogenated alkanes) is 3. The van der Waals surface area contributed by atoms with Gasteiger partial charge in [-0.15, -0.1) is 0 Å². The quantitative estimate of drug-likeness (QED) is 0.676. The summed E-state index contributed by atoms with van der Waals surface area (Å²) >= 11 is 0. The number of nitrogens with two attached hydrogens (primary N) is 1. The summed E-state index contributed by atoms with van der Waals surface area (Å²) in [7, 11) is 0. The first-order chi connectivity index (χ1) is 7.81.